The van der Waals surface area contributed by atoms with E-state index in [4.69, 9.17) is 4.74 Å². The normalized spacial score (nSPS) is 30.2. The van der Waals surface area contributed by atoms with Crippen molar-refractivity contribution in [1.29, 1.82) is 0 Å². The number of carbonyl (C=O) groups excluding carboxylic acids is 1. The van der Waals surface area contributed by atoms with Crippen LogP contribution in [0.5, 0.6) is 0 Å². The quantitative estimate of drug-likeness (QED) is 0.645. The smallest absolute Gasteiger partial charge is 0.251 e. The maximum atomic E-state index is 11.9. The van der Waals surface area contributed by atoms with Crippen molar-refractivity contribution in [3.05, 3.63) is 35.9 Å². The molecule has 22 heavy (non-hydrogen) atoms. The molecular formula is C18H27N2O2+. The highest BCUT2D eigenvalue weighted by molar-refractivity contribution is 5.94. The molecule has 0 aliphatic carbocycles. The van der Waals surface area contributed by atoms with Gasteiger partial charge in [0, 0.05) is 37.5 Å². The van der Waals surface area contributed by atoms with Gasteiger partial charge in [0.05, 0.1) is 20.1 Å². The van der Waals surface area contributed by atoms with E-state index in [0.717, 1.165) is 24.5 Å². The first-order valence-corrected chi connectivity index (χ1v) is 8.45. The summed E-state index contributed by atoms with van der Waals surface area (Å²) in [6.07, 6.45) is 3.93. The summed E-state index contributed by atoms with van der Waals surface area (Å²) in [5.41, 5.74) is 0.721. The molecule has 1 N–H and O–H groups in total. The maximum absolute atomic E-state index is 11.9. The number of fused-ring (bicyclic) bond motifs is 3. The molecule has 1 atom stereocenters. The van der Waals surface area contributed by atoms with Crippen molar-refractivity contribution in [2.75, 3.05) is 39.8 Å². The largest absolute Gasteiger partial charge is 0.372 e. The number of rotatable bonds is 6. The number of nitrogens with one attached hydrogen (secondary N) is 1. The molecule has 4 heteroatoms. The van der Waals surface area contributed by atoms with Gasteiger partial charge in [-0.25, -0.2) is 0 Å². The zero-order valence-electron chi connectivity index (χ0n) is 13.5. The van der Waals surface area contributed by atoms with Crippen LogP contribution in [0.3, 0.4) is 0 Å². The summed E-state index contributed by atoms with van der Waals surface area (Å²) < 4.78 is 7.29. The van der Waals surface area contributed by atoms with Crippen LogP contribution in [-0.4, -0.2) is 56.3 Å². The van der Waals surface area contributed by atoms with E-state index in [9.17, 15) is 4.79 Å². The van der Waals surface area contributed by atoms with Crippen molar-refractivity contribution in [3.8, 4) is 0 Å². The van der Waals surface area contributed by atoms with Crippen LogP contribution in [0, 0.1) is 5.92 Å². The highest BCUT2D eigenvalue weighted by Gasteiger charge is 2.43. The second-order valence-electron chi connectivity index (χ2n) is 6.97. The lowest BCUT2D eigenvalue weighted by atomic mass is 9.84. The van der Waals surface area contributed by atoms with Gasteiger partial charge in [-0.2, -0.15) is 0 Å². The molecule has 0 saturated carbocycles. The van der Waals surface area contributed by atoms with Crippen LogP contribution in [0.1, 0.15) is 29.6 Å². The van der Waals surface area contributed by atoms with Crippen LogP contribution in [0.15, 0.2) is 30.3 Å². The average Bonchev–Trinajstić information content (AvgIpc) is 2.55. The lowest BCUT2D eigenvalue weighted by Crippen LogP contribution is -2.62. The first-order chi connectivity index (χ1) is 10.7. The topological polar surface area (TPSA) is 38.3 Å². The molecule has 3 heterocycles. The van der Waals surface area contributed by atoms with Gasteiger partial charge in [-0.1, -0.05) is 18.2 Å². The molecule has 3 aliphatic rings. The number of ether oxygens (including phenoxy) is 1. The number of nitrogens with zero attached hydrogens (tertiary/aromatic N) is 1. The summed E-state index contributed by atoms with van der Waals surface area (Å²) in [4.78, 5) is 11.9. The molecule has 4 rings (SSSR count). The Morgan fingerprint density at radius 3 is 2.68 bits per heavy atom. The minimum Gasteiger partial charge on any atom is -0.372 e. The molecule has 0 spiro atoms. The molecule has 0 aromatic heterocycles. The van der Waals surface area contributed by atoms with Crippen molar-refractivity contribution < 1.29 is 14.0 Å². The van der Waals surface area contributed by atoms with Gasteiger partial charge in [0.2, 0.25) is 0 Å². The van der Waals surface area contributed by atoms with Crippen molar-refractivity contribution in [2.45, 2.75) is 25.4 Å². The fourth-order valence-electron chi connectivity index (χ4n) is 3.74. The number of carbonyl (C=O) groups is 1. The Morgan fingerprint density at radius 1 is 1.27 bits per heavy atom. The van der Waals surface area contributed by atoms with E-state index in [1.54, 1.807) is 0 Å². The van der Waals surface area contributed by atoms with Crippen LogP contribution >= 0.6 is 0 Å². The highest BCUT2D eigenvalue weighted by atomic mass is 16.5. The van der Waals surface area contributed by atoms with Gasteiger partial charge >= 0.3 is 0 Å². The van der Waals surface area contributed by atoms with E-state index in [1.807, 2.05) is 30.3 Å². The third-order valence-corrected chi connectivity index (χ3v) is 5.20. The third-order valence-electron chi connectivity index (χ3n) is 5.20. The van der Waals surface area contributed by atoms with Crippen molar-refractivity contribution >= 4 is 5.91 Å². The summed E-state index contributed by atoms with van der Waals surface area (Å²) in [6, 6.07) is 9.36. The first-order valence-electron chi connectivity index (χ1n) is 8.45. The fourth-order valence-corrected chi connectivity index (χ4v) is 3.74. The molecule has 3 saturated heterocycles. The predicted molar refractivity (Wildman–Crippen MR) is 86.6 cm³/mol. The molecule has 3 aliphatic heterocycles. The van der Waals surface area contributed by atoms with Crippen LogP contribution in [0.2, 0.25) is 0 Å². The minimum atomic E-state index is 0.00139. The Balaban J connectivity index is 1.34. The minimum absolute atomic E-state index is 0.00139. The monoisotopic (exact) mass is 303 g/mol. The fraction of sp³-hybridized carbons (Fsp3) is 0.611. The number of piperidine rings is 3. The van der Waals surface area contributed by atoms with E-state index in [0.29, 0.717) is 12.6 Å². The molecule has 1 aromatic carbocycles. The summed E-state index contributed by atoms with van der Waals surface area (Å²) in [6.45, 7) is 5.23. The molecule has 1 amide bonds. The van der Waals surface area contributed by atoms with Gasteiger partial charge in [0.15, 0.2) is 0 Å². The van der Waals surface area contributed by atoms with Gasteiger partial charge in [-0.15, -0.1) is 0 Å². The van der Waals surface area contributed by atoms with Gasteiger partial charge in [0.25, 0.3) is 5.91 Å². The number of quaternary nitrogens is 1. The van der Waals surface area contributed by atoms with Gasteiger partial charge < -0.3 is 14.5 Å². The van der Waals surface area contributed by atoms with E-state index in [-0.39, 0.29) is 5.91 Å². The third kappa shape index (κ3) is 3.68. The van der Waals surface area contributed by atoms with E-state index < -0.39 is 0 Å². The van der Waals surface area contributed by atoms with Crippen molar-refractivity contribution in [1.82, 2.24) is 5.32 Å². The van der Waals surface area contributed by atoms with E-state index in [2.05, 4.69) is 12.4 Å². The summed E-state index contributed by atoms with van der Waals surface area (Å²) in [5.74, 6) is 0.764. The van der Waals surface area contributed by atoms with Crippen LogP contribution < -0.4 is 5.32 Å². The predicted octanol–water partition coefficient (Wildman–Crippen LogP) is 2.06. The Morgan fingerprint density at radius 2 is 2.00 bits per heavy atom. The zero-order valence-corrected chi connectivity index (χ0v) is 13.5. The van der Waals surface area contributed by atoms with Crippen LogP contribution in [0.4, 0.5) is 0 Å². The molecular weight excluding hydrogens is 276 g/mol. The number of likely N-dealkylation sites (N-methyl/N-ethyl adjacent to an activating group) is 1. The van der Waals surface area contributed by atoms with Crippen LogP contribution in [-0.2, 0) is 4.74 Å². The van der Waals surface area contributed by atoms with Crippen molar-refractivity contribution in [3.63, 3.8) is 0 Å². The van der Waals surface area contributed by atoms with Crippen molar-refractivity contribution in [2.24, 2.45) is 5.92 Å². The molecule has 3 fully saturated rings. The Bertz CT molecular complexity index is 495. The first kappa shape index (κ1) is 15.5. The summed E-state index contributed by atoms with van der Waals surface area (Å²) in [5, 5.41) is 2.96. The second-order valence-corrected chi connectivity index (χ2v) is 6.97. The zero-order chi connectivity index (χ0) is 15.4. The standard InChI is InChI=1S/C18H26N2O2/c1-20-11-8-15(9-12-20)17(14-20)22-13-5-10-19-18(21)16-6-3-2-4-7-16/h2-4,6-7,15,17H,5,8-14H2,1H3/p+1/t15?,17-,20?/m1/s1. The Kier molecular flexibility index (Phi) is 4.79. The Hall–Kier alpha value is -1.39. The number of hydrogen-bond acceptors (Lipinski definition) is 2. The summed E-state index contributed by atoms with van der Waals surface area (Å²) in [7, 11) is 2.35. The van der Waals surface area contributed by atoms with E-state index in [1.165, 1.54) is 37.0 Å². The lowest BCUT2D eigenvalue weighted by molar-refractivity contribution is -0.928. The number of benzene rings is 1. The highest BCUT2D eigenvalue weighted by Crippen LogP contribution is 2.33. The number of amides is 1. The van der Waals surface area contributed by atoms with Gasteiger partial charge in [-0.05, 0) is 18.6 Å². The van der Waals surface area contributed by atoms with Gasteiger partial charge in [-0.3, -0.25) is 4.79 Å². The molecule has 4 nitrogen and oxygen atoms in total. The number of hydrogen-bond donors (Lipinski definition) is 1. The average molecular weight is 303 g/mol. The molecule has 2 bridgehead atoms. The molecule has 0 unspecified atom stereocenters. The SMILES string of the molecule is C[N+]12CCC(CC1)[C@H](OCCCNC(=O)c1ccccc1)C2. The molecule has 1 aromatic rings. The summed E-state index contributed by atoms with van der Waals surface area (Å²) >= 11 is 0. The lowest BCUT2D eigenvalue weighted by Gasteiger charge is -2.50. The van der Waals surface area contributed by atoms with E-state index >= 15 is 0 Å². The maximum Gasteiger partial charge on any atom is 0.251 e. The Labute approximate surface area is 133 Å². The second kappa shape index (κ2) is 6.80. The molecule has 0 radical (unpaired) electrons. The van der Waals surface area contributed by atoms with Gasteiger partial charge in [0.1, 0.15) is 12.6 Å². The molecule has 120 valence electrons. The van der Waals surface area contributed by atoms with Crippen LogP contribution in [0.25, 0.3) is 0 Å².